The highest BCUT2D eigenvalue weighted by atomic mass is 16.5. The molecule has 1 aromatic rings. The van der Waals surface area contributed by atoms with E-state index in [1.54, 1.807) is 6.92 Å². The van der Waals surface area contributed by atoms with Crippen molar-refractivity contribution in [1.29, 1.82) is 0 Å². The summed E-state index contributed by atoms with van der Waals surface area (Å²) in [5.41, 5.74) is 2.62. The Balaban J connectivity index is 1.70. The maximum absolute atomic E-state index is 13.0. The van der Waals surface area contributed by atoms with E-state index in [4.69, 9.17) is 4.74 Å². The number of hydrogen-bond acceptors (Lipinski definition) is 5. The summed E-state index contributed by atoms with van der Waals surface area (Å²) < 4.78 is 5.09. The predicted octanol–water partition coefficient (Wildman–Crippen LogP) is 2.21. The van der Waals surface area contributed by atoms with Gasteiger partial charge in [-0.15, -0.1) is 0 Å². The first kappa shape index (κ1) is 18.6. The van der Waals surface area contributed by atoms with Crippen molar-refractivity contribution in [1.82, 2.24) is 4.90 Å². The van der Waals surface area contributed by atoms with Crippen LogP contribution in [0.3, 0.4) is 0 Å². The zero-order valence-electron chi connectivity index (χ0n) is 15.7. The molecule has 2 amide bonds. The third-order valence-corrected chi connectivity index (χ3v) is 5.32. The summed E-state index contributed by atoms with van der Waals surface area (Å²) in [6.07, 6.45) is 1.54. The van der Waals surface area contributed by atoms with Gasteiger partial charge in [-0.25, -0.2) is 4.90 Å². The number of aryl methyl sites for hydroxylation is 2. The molecule has 140 valence electrons. The molecule has 0 spiro atoms. The Labute approximate surface area is 154 Å². The van der Waals surface area contributed by atoms with Gasteiger partial charge in [-0.2, -0.15) is 0 Å². The SMILES string of the molecule is CCOC(=O)C1CCN([C@H]2CC(=O)N(c3cc(C)ccc3C)C2=O)CC1. The summed E-state index contributed by atoms with van der Waals surface area (Å²) in [4.78, 5) is 40.8. The molecule has 0 bridgehead atoms. The number of hydrogen-bond donors (Lipinski definition) is 0. The Morgan fingerprint density at radius 2 is 1.88 bits per heavy atom. The molecule has 6 nitrogen and oxygen atoms in total. The van der Waals surface area contributed by atoms with Gasteiger partial charge in [-0.1, -0.05) is 12.1 Å². The number of nitrogens with zero attached hydrogens (tertiary/aromatic N) is 2. The van der Waals surface area contributed by atoms with Crippen LogP contribution in [0.1, 0.15) is 37.3 Å². The van der Waals surface area contributed by atoms with Gasteiger partial charge < -0.3 is 4.74 Å². The van der Waals surface area contributed by atoms with Crippen molar-refractivity contribution in [3.8, 4) is 0 Å². The van der Waals surface area contributed by atoms with Crippen LogP contribution in [0.4, 0.5) is 5.69 Å². The quantitative estimate of drug-likeness (QED) is 0.610. The summed E-state index contributed by atoms with van der Waals surface area (Å²) in [6, 6.07) is 5.37. The van der Waals surface area contributed by atoms with Gasteiger partial charge in [-0.3, -0.25) is 19.3 Å². The summed E-state index contributed by atoms with van der Waals surface area (Å²) >= 11 is 0. The molecule has 1 aromatic carbocycles. The van der Waals surface area contributed by atoms with Crippen LogP contribution >= 0.6 is 0 Å². The average molecular weight is 358 g/mol. The molecule has 0 aliphatic carbocycles. The smallest absolute Gasteiger partial charge is 0.309 e. The van der Waals surface area contributed by atoms with Crippen LogP contribution in [0, 0.1) is 19.8 Å². The van der Waals surface area contributed by atoms with Crippen LogP contribution < -0.4 is 4.90 Å². The molecule has 3 rings (SSSR count). The minimum Gasteiger partial charge on any atom is -0.466 e. The number of carbonyl (C=O) groups excluding carboxylic acids is 3. The van der Waals surface area contributed by atoms with E-state index in [2.05, 4.69) is 0 Å². The van der Waals surface area contributed by atoms with Crippen LogP contribution in [0.5, 0.6) is 0 Å². The molecule has 2 saturated heterocycles. The number of carbonyl (C=O) groups is 3. The van der Waals surface area contributed by atoms with Gasteiger partial charge in [0.2, 0.25) is 5.91 Å². The van der Waals surface area contributed by atoms with Crippen molar-refractivity contribution in [2.45, 2.75) is 46.1 Å². The standard InChI is InChI=1S/C20H26N2O4/c1-4-26-20(25)15-7-9-21(10-8-15)17-12-18(23)22(19(17)24)16-11-13(2)5-6-14(16)3/h5-6,11,15,17H,4,7-10,12H2,1-3H3/t17-/m0/s1. The highest BCUT2D eigenvalue weighted by Crippen LogP contribution is 2.31. The molecule has 2 fully saturated rings. The lowest BCUT2D eigenvalue weighted by Gasteiger charge is -2.33. The lowest BCUT2D eigenvalue weighted by Crippen LogP contribution is -2.47. The van der Waals surface area contributed by atoms with Crippen LogP contribution in [0.2, 0.25) is 0 Å². The van der Waals surface area contributed by atoms with Crippen LogP contribution in [-0.2, 0) is 19.1 Å². The fraction of sp³-hybridized carbons (Fsp3) is 0.550. The van der Waals surface area contributed by atoms with E-state index in [1.807, 2.05) is 36.9 Å². The van der Waals surface area contributed by atoms with Crippen molar-refractivity contribution in [3.05, 3.63) is 29.3 Å². The molecule has 0 N–H and O–H groups in total. The fourth-order valence-electron chi connectivity index (χ4n) is 3.82. The molecule has 0 aromatic heterocycles. The van der Waals surface area contributed by atoms with Gasteiger partial charge in [0.05, 0.1) is 30.7 Å². The second kappa shape index (κ2) is 7.58. The molecule has 2 heterocycles. The lowest BCUT2D eigenvalue weighted by molar-refractivity contribution is -0.149. The van der Waals surface area contributed by atoms with Crippen LogP contribution in [0.25, 0.3) is 0 Å². The van der Waals surface area contributed by atoms with E-state index >= 15 is 0 Å². The highest BCUT2D eigenvalue weighted by molar-refractivity contribution is 6.22. The number of esters is 1. The maximum Gasteiger partial charge on any atom is 0.309 e. The summed E-state index contributed by atoms with van der Waals surface area (Å²) in [7, 11) is 0. The third kappa shape index (κ3) is 3.51. The first-order valence-corrected chi connectivity index (χ1v) is 9.27. The minimum atomic E-state index is -0.425. The second-order valence-electron chi connectivity index (χ2n) is 7.14. The van der Waals surface area contributed by atoms with Crippen molar-refractivity contribution < 1.29 is 19.1 Å². The van der Waals surface area contributed by atoms with Gasteiger partial charge in [0.15, 0.2) is 0 Å². The van der Waals surface area contributed by atoms with Gasteiger partial charge in [0, 0.05) is 0 Å². The highest BCUT2D eigenvalue weighted by Gasteiger charge is 2.44. The van der Waals surface area contributed by atoms with Crippen LogP contribution in [-0.4, -0.2) is 48.4 Å². The third-order valence-electron chi connectivity index (χ3n) is 5.32. The maximum atomic E-state index is 13.0. The van der Waals surface area contributed by atoms with E-state index in [1.165, 1.54) is 4.90 Å². The second-order valence-corrected chi connectivity index (χ2v) is 7.14. The molecule has 0 saturated carbocycles. The molecule has 2 aliphatic heterocycles. The number of ether oxygens (including phenoxy) is 1. The van der Waals surface area contributed by atoms with E-state index in [0.717, 1.165) is 11.1 Å². The number of amides is 2. The molecule has 0 radical (unpaired) electrons. The molecule has 26 heavy (non-hydrogen) atoms. The van der Waals surface area contributed by atoms with Crippen LogP contribution in [0.15, 0.2) is 18.2 Å². The first-order valence-electron chi connectivity index (χ1n) is 9.27. The minimum absolute atomic E-state index is 0.103. The van der Waals surface area contributed by atoms with Crippen molar-refractivity contribution in [2.24, 2.45) is 5.92 Å². The van der Waals surface area contributed by atoms with E-state index in [0.29, 0.717) is 38.2 Å². The Bertz CT molecular complexity index is 723. The Kier molecular flexibility index (Phi) is 5.41. The Hall–Kier alpha value is -2.21. The molecule has 6 heteroatoms. The molecule has 0 unspecified atom stereocenters. The van der Waals surface area contributed by atoms with Gasteiger partial charge in [-0.05, 0) is 63.9 Å². The van der Waals surface area contributed by atoms with Crippen molar-refractivity contribution in [2.75, 3.05) is 24.6 Å². The Morgan fingerprint density at radius 3 is 2.54 bits per heavy atom. The zero-order chi connectivity index (χ0) is 18.8. The topological polar surface area (TPSA) is 66.9 Å². The number of anilines is 1. The molecule has 1 atom stereocenters. The largest absolute Gasteiger partial charge is 0.466 e. The monoisotopic (exact) mass is 358 g/mol. The van der Waals surface area contributed by atoms with Gasteiger partial charge >= 0.3 is 5.97 Å². The number of likely N-dealkylation sites (tertiary alicyclic amines) is 1. The zero-order valence-corrected chi connectivity index (χ0v) is 15.7. The Morgan fingerprint density at radius 1 is 1.19 bits per heavy atom. The molecular weight excluding hydrogens is 332 g/mol. The summed E-state index contributed by atoms with van der Waals surface area (Å²) in [6.45, 7) is 7.32. The van der Waals surface area contributed by atoms with Gasteiger partial charge in [0.25, 0.3) is 5.91 Å². The normalized spacial score (nSPS) is 22.1. The average Bonchev–Trinajstić information content (AvgIpc) is 2.92. The number of rotatable bonds is 4. The predicted molar refractivity (Wildman–Crippen MR) is 97.7 cm³/mol. The first-order chi connectivity index (χ1) is 12.4. The lowest BCUT2D eigenvalue weighted by atomic mass is 9.95. The van der Waals surface area contributed by atoms with E-state index in [-0.39, 0.29) is 30.1 Å². The fourth-order valence-corrected chi connectivity index (χ4v) is 3.82. The van der Waals surface area contributed by atoms with Crippen molar-refractivity contribution >= 4 is 23.5 Å². The molecule has 2 aliphatic rings. The van der Waals surface area contributed by atoms with Crippen molar-refractivity contribution in [3.63, 3.8) is 0 Å². The number of imide groups is 1. The van der Waals surface area contributed by atoms with E-state index < -0.39 is 6.04 Å². The molecular formula is C20H26N2O4. The number of piperidine rings is 1. The number of benzene rings is 1. The summed E-state index contributed by atoms with van der Waals surface area (Å²) in [5, 5.41) is 0. The van der Waals surface area contributed by atoms with E-state index in [9.17, 15) is 14.4 Å². The van der Waals surface area contributed by atoms with Gasteiger partial charge in [0.1, 0.15) is 0 Å². The summed E-state index contributed by atoms with van der Waals surface area (Å²) in [5.74, 6) is -0.564.